The number of ether oxygens (including phenoxy) is 1. The van der Waals surface area contributed by atoms with Gasteiger partial charge in [0.15, 0.2) is 12.4 Å². The summed E-state index contributed by atoms with van der Waals surface area (Å²) in [6.45, 7) is 1.37. The van der Waals surface area contributed by atoms with Gasteiger partial charge in [0.1, 0.15) is 0 Å². The third-order valence-electron chi connectivity index (χ3n) is 2.67. The second-order valence-corrected chi connectivity index (χ2v) is 5.02. The maximum Gasteiger partial charge on any atom is 0.262 e. The van der Waals surface area contributed by atoms with Crippen LogP contribution in [0.15, 0.2) is 35.3 Å². The topological polar surface area (TPSA) is 71.2 Å². The molecule has 0 radical (unpaired) electrons. The largest absolute Gasteiger partial charge is 0.478 e. The van der Waals surface area contributed by atoms with Crippen LogP contribution in [-0.2, 0) is 4.79 Å². The molecule has 0 spiro atoms. The fourth-order valence-electron chi connectivity index (χ4n) is 1.67. The maximum absolute atomic E-state index is 11.8. The average Bonchev–Trinajstić information content (AvgIpc) is 2.43. The van der Waals surface area contributed by atoms with Gasteiger partial charge in [0.2, 0.25) is 5.43 Å². The van der Waals surface area contributed by atoms with Crippen molar-refractivity contribution in [3.63, 3.8) is 0 Å². The van der Waals surface area contributed by atoms with Crippen LogP contribution >= 0.6 is 23.2 Å². The molecular weight excluding hydrogens is 315 g/mol. The Morgan fingerprint density at radius 1 is 1.33 bits per heavy atom. The molecular formula is C14H12Cl2N2O3. The Hall–Kier alpha value is -1.98. The lowest BCUT2D eigenvalue weighted by Crippen LogP contribution is -2.22. The highest BCUT2D eigenvalue weighted by Gasteiger charge is 2.11. The van der Waals surface area contributed by atoms with E-state index in [1.807, 2.05) is 0 Å². The molecule has 0 atom stereocenters. The standard InChI is InChI=1S/C14H12Cl2N2O3/c1-8-14(11(19)5-6-17-8)21-7-12(20)18-10-4-2-3-9(15)13(10)16/h2-6H,7H2,1H3,(H,17,19)(H,18,20). The Kier molecular flexibility index (Phi) is 4.88. The Bertz CT molecular complexity index is 728. The number of hydrogen-bond acceptors (Lipinski definition) is 3. The van der Waals surface area contributed by atoms with Gasteiger partial charge in [-0.1, -0.05) is 29.3 Å². The molecule has 0 fully saturated rings. The number of anilines is 1. The molecule has 1 amide bonds. The van der Waals surface area contributed by atoms with Crippen molar-refractivity contribution >= 4 is 34.8 Å². The molecule has 1 aromatic heterocycles. The van der Waals surface area contributed by atoms with E-state index in [2.05, 4.69) is 10.3 Å². The molecule has 7 heteroatoms. The Morgan fingerprint density at radius 2 is 2.10 bits per heavy atom. The number of amides is 1. The van der Waals surface area contributed by atoms with Gasteiger partial charge in [0.05, 0.1) is 21.4 Å². The van der Waals surface area contributed by atoms with Crippen LogP contribution in [0.4, 0.5) is 5.69 Å². The first-order chi connectivity index (χ1) is 9.99. The summed E-state index contributed by atoms with van der Waals surface area (Å²) < 4.78 is 5.24. The molecule has 2 N–H and O–H groups in total. The van der Waals surface area contributed by atoms with Gasteiger partial charge in [-0.25, -0.2) is 0 Å². The van der Waals surface area contributed by atoms with E-state index in [1.165, 1.54) is 12.3 Å². The van der Waals surface area contributed by atoms with Gasteiger partial charge in [-0.05, 0) is 19.1 Å². The third-order valence-corrected chi connectivity index (χ3v) is 3.49. The molecule has 0 aliphatic rings. The van der Waals surface area contributed by atoms with Gasteiger partial charge in [0, 0.05) is 12.3 Å². The molecule has 1 aromatic carbocycles. The fourth-order valence-corrected chi connectivity index (χ4v) is 2.02. The third kappa shape index (κ3) is 3.77. The Morgan fingerprint density at radius 3 is 2.81 bits per heavy atom. The highest BCUT2D eigenvalue weighted by atomic mass is 35.5. The highest BCUT2D eigenvalue weighted by molar-refractivity contribution is 6.43. The molecule has 2 rings (SSSR count). The molecule has 21 heavy (non-hydrogen) atoms. The number of halogens is 2. The normalized spacial score (nSPS) is 10.2. The van der Waals surface area contributed by atoms with Gasteiger partial charge in [0.25, 0.3) is 5.91 Å². The molecule has 5 nitrogen and oxygen atoms in total. The summed E-state index contributed by atoms with van der Waals surface area (Å²) in [5.74, 6) is -0.327. The van der Waals surface area contributed by atoms with Crippen LogP contribution in [0, 0.1) is 6.92 Å². The Balaban J connectivity index is 2.03. The van der Waals surface area contributed by atoms with E-state index >= 15 is 0 Å². The van der Waals surface area contributed by atoms with Crippen molar-refractivity contribution in [2.45, 2.75) is 6.92 Å². The van der Waals surface area contributed by atoms with Gasteiger partial charge < -0.3 is 15.0 Å². The summed E-state index contributed by atoms with van der Waals surface area (Å²) in [7, 11) is 0. The first-order valence-corrected chi connectivity index (χ1v) is 6.79. The summed E-state index contributed by atoms with van der Waals surface area (Å²) in [4.78, 5) is 26.3. The van der Waals surface area contributed by atoms with Crippen LogP contribution < -0.4 is 15.5 Å². The van der Waals surface area contributed by atoms with Crippen molar-refractivity contribution in [1.29, 1.82) is 0 Å². The quantitative estimate of drug-likeness (QED) is 0.907. The van der Waals surface area contributed by atoms with Crippen molar-refractivity contribution < 1.29 is 9.53 Å². The van der Waals surface area contributed by atoms with Crippen molar-refractivity contribution in [3.05, 3.63) is 56.4 Å². The number of aromatic nitrogens is 1. The van der Waals surface area contributed by atoms with E-state index in [-0.39, 0.29) is 22.8 Å². The number of rotatable bonds is 4. The first-order valence-electron chi connectivity index (χ1n) is 6.04. The Labute approximate surface area is 130 Å². The number of carbonyl (C=O) groups excluding carboxylic acids is 1. The van der Waals surface area contributed by atoms with Gasteiger partial charge in [-0.3, -0.25) is 9.59 Å². The van der Waals surface area contributed by atoms with Crippen LogP contribution in [0.2, 0.25) is 10.0 Å². The summed E-state index contributed by atoms with van der Waals surface area (Å²) in [6.07, 6.45) is 1.51. The molecule has 0 saturated carbocycles. The SMILES string of the molecule is Cc1[nH]ccc(=O)c1OCC(=O)Nc1cccc(Cl)c1Cl. The van der Waals surface area contributed by atoms with Crippen LogP contribution in [0.5, 0.6) is 5.75 Å². The number of aromatic amines is 1. The smallest absolute Gasteiger partial charge is 0.262 e. The van der Waals surface area contributed by atoms with E-state index in [0.29, 0.717) is 16.4 Å². The molecule has 0 aliphatic carbocycles. The highest BCUT2D eigenvalue weighted by Crippen LogP contribution is 2.29. The molecule has 0 saturated heterocycles. The van der Waals surface area contributed by atoms with Gasteiger partial charge in [-0.2, -0.15) is 0 Å². The molecule has 0 aliphatic heterocycles. The van der Waals surface area contributed by atoms with E-state index in [9.17, 15) is 9.59 Å². The lowest BCUT2D eigenvalue weighted by atomic mass is 10.3. The molecule has 110 valence electrons. The number of nitrogens with one attached hydrogen (secondary N) is 2. The minimum absolute atomic E-state index is 0.116. The maximum atomic E-state index is 11.8. The zero-order valence-electron chi connectivity index (χ0n) is 11.1. The fraction of sp³-hybridized carbons (Fsp3) is 0.143. The number of carbonyl (C=O) groups is 1. The monoisotopic (exact) mass is 326 g/mol. The second-order valence-electron chi connectivity index (χ2n) is 4.23. The van der Waals surface area contributed by atoms with Crippen molar-refractivity contribution in [1.82, 2.24) is 4.98 Å². The lowest BCUT2D eigenvalue weighted by molar-refractivity contribution is -0.118. The minimum Gasteiger partial charge on any atom is -0.478 e. The number of H-pyrrole nitrogens is 1. The summed E-state index contributed by atoms with van der Waals surface area (Å²) in [5, 5.41) is 3.16. The number of benzene rings is 1. The van der Waals surface area contributed by atoms with E-state index in [0.717, 1.165) is 0 Å². The van der Waals surface area contributed by atoms with Crippen LogP contribution in [-0.4, -0.2) is 17.5 Å². The number of aryl methyl sites for hydroxylation is 1. The first kappa shape index (κ1) is 15.4. The van der Waals surface area contributed by atoms with Crippen molar-refractivity contribution in [3.8, 4) is 5.75 Å². The van der Waals surface area contributed by atoms with Crippen molar-refractivity contribution in [2.75, 3.05) is 11.9 Å². The van der Waals surface area contributed by atoms with Crippen LogP contribution in [0.25, 0.3) is 0 Å². The predicted octanol–water partition coefficient (Wildman–Crippen LogP) is 3.01. The average molecular weight is 327 g/mol. The van der Waals surface area contributed by atoms with E-state index < -0.39 is 5.91 Å². The van der Waals surface area contributed by atoms with E-state index in [1.54, 1.807) is 25.1 Å². The minimum atomic E-state index is -0.443. The summed E-state index contributed by atoms with van der Waals surface area (Å²) in [5.41, 5.74) is 0.646. The predicted molar refractivity (Wildman–Crippen MR) is 82.4 cm³/mol. The van der Waals surface area contributed by atoms with Gasteiger partial charge in [-0.15, -0.1) is 0 Å². The molecule has 1 heterocycles. The molecule has 0 bridgehead atoms. The second kappa shape index (κ2) is 6.65. The van der Waals surface area contributed by atoms with Crippen LogP contribution in [0.1, 0.15) is 5.69 Å². The van der Waals surface area contributed by atoms with Crippen molar-refractivity contribution in [2.24, 2.45) is 0 Å². The molecule has 2 aromatic rings. The number of pyridine rings is 1. The zero-order chi connectivity index (χ0) is 15.4. The zero-order valence-corrected chi connectivity index (χ0v) is 12.6. The van der Waals surface area contributed by atoms with Crippen LogP contribution in [0.3, 0.4) is 0 Å². The van der Waals surface area contributed by atoms with Gasteiger partial charge >= 0.3 is 0 Å². The number of hydrogen-bond donors (Lipinski definition) is 2. The lowest BCUT2D eigenvalue weighted by Gasteiger charge is -2.10. The summed E-state index contributed by atoms with van der Waals surface area (Å²) >= 11 is 11.8. The molecule has 0 unspecified atom stereocenters. The summed E-state index contributed by atoms with van der Waals surface area (Å²) in [6, 6.07) is 6.22. The van der Waals surface area contributed by atoms with E-state index in [4.69, 9.17) is 27.9 Å².